The molecule has 2 heterocycles. The van der Waals surface area contributed by atoms with Gasteiger partial charge < -0.3 is 14.9 Å². The van der Waals surface area contributed by atoms with E-state index in [1.165, 1.54) is 0 Å². The van der Waals surface area contributed by atoms with Crippen LogP contribution in [-0.2, 0) is 11.3 Å². The summed E-state index contributed by atoms with van der Waals surface area (Å²) in [4.78, 5) is 30.6. The minimum atomic E-state index is -0.822. The number of carboxylic acid groups (broad SMARTS) is 1. The Kier molecular flexibility index (Phi) is 4.55. The highest BCUT2D eigenvalue weighted by Crippen LogP contribution is 2.18. The lowest BCUT2D eigenvalue weighted by Crippen LogP contribution is -2.47. The van der Waals surface area contributed by atoms with Crippen molar-refractivity contribution in [2.75, 3.05) is 20.1 Å². The molecule has 0 bridgehead atoms. The van der Waals surface area contributed by atoms with Crippen molar-refractivity contribution in [1.29, 1.82) is 0 Å². The summed E-state index contributed by atoms with van der Waals surface area (Å²) in [6, 6.07) is 3.61. The third-order valence-corrected chi connectivity index (χ3v) is 3.51. The van der Waals surface area contributed by atoms with Crippen LogP contribution in [0.25, 0.3) is 0 Å². The fourth-order valence-electron chi connectivity index (χ4n) is 2.43. The van der Waals surface area contributed by atoms with Crippen LogP contribution in [0.2, 0.25) is 0 Å². The molecule has 1 N–H and O–H groups in total. The molecular weight excluding hydrogens is 258 g/mol. The van der Waals surface area contributed by atoms with Crippen LogP contribution in [-0.4, -0.2) is 52.0 Å². The molecule has 6 nitrogen and oxygen atoms in total. The van der Waals surface area contributed by atoms with Crippen molar-refractivity contribution in [3.63, 3.8) is 0 Å². The highest BCUT2D eigenvalue weighted by atomic mass is 16.4. The number of amides is 2. The van der Waals surface area contributed by atoms with E-state index >= 15 is 0 Å². The minimum Gasteiger partial charge on any atom is -0.481 e. The molecule has 1 fully saturated rings. The normalized spacial score (nSPS) is 18.6. The largest absolute Gasteiger partial charge is 0.481 e. The average Bonchev–Trinajstić information content (AvgIpc) is 2.47. The van der Waals surface area contributed by atoms with Gasteiger partial charge in [0.25, 0.3) is 0 Å². The molecule has 20 heavy (non-hydrogen) atoms. The van der Waals surface area contributed by atoms with Crippen LogP contribution < -0.4 is 0 Å². The Morgan fingerprint density at radius 1 is 1.55 bits per heavy atom. The first-order valence-corrected chi connectivity index (χ1v) is 6.69. The second-order valence-electron chi connectivity index (χ2n) is 5.12. The number of carbonyl (C=O) groups is 2. The molecule has 1 aromatic rings. The summed E-state index contributed by atoms with van der Waals surface area (Å²) in [5.74, 6) is -1.27. The van der Waals surface area contributed by atoms with E-state index < -0.39 is 11.9 Å². The predicted molar refractivity (Wildman–Crippen MR) is 73.0 cm³/mol. The van der Waals surface area contributed by atoms with Crippen LogP contribution in [0.4, 0.5) is 4.79 Å². The van der Waals surface area contributed by atoms with E-state index in [4.69, 9.17) is 5.11 Å². The topological polar surface area (TPSA) is 73.7 Å². The second kappa shape index (κ2) is 6.36. The molecule has 0 radical (unpaired) electrons. The monoisotopic (exact) mass is 277 g/mol. The molecule has 0 aromatic carbocycles. The van der Waals surface area contributed by atoms with Gasteiger partial charge >= 0.3 is 12.0 Å². The summed E-state index contributed by atoms with van der Waals surface area (Å²) in [7, 11) is 1.72. The predicted octanol–water partition coefficient (Wildman–Crippen LogP) is 1.43. The van der Waals surface area contributed by atoms with Crippen LogP contribution >= 0.6 is 0 Å². The Morgan fingerprint density at radius 3 is 3.00 bits per heavy atom. The zero-order chi connectivity index (χ0) is 14.5. The highest BCUT2D eigenvalue weighted by molar-refractivity contribution is 5.76. The van der Waals surface area contributed by atoms with Crippen molar-refractivity contribution in [2.45, 2.75) is 19.4 Å². The quantitative estimate of drug-likeness (QED) is 0.907. The van der Waals surface area contributed by atoms with Crippen LogP contribution in [0.15, 0.2) is 24.5 Å². The number of aromatic nitrogens is 1. The molecule has 1 aromatic heterocycles. The minimum absolute atomic E-state index is 0.125. The Bertz CT molecular complexity index is 478. The maximum atomic E-state index is 12.3. The van der Waals surface area contributed by atoms with E-state index in [2.05, 4.69) is 4.98 Å². The number of rotatable bonds is 3. The molecule has 0 saturated carbocycles. The molecule has 1 aliphatic rings. The van der Waals surface area contributed by atoms with Gasteiger partial charge in [-0.05, 0) is 24.5 Å². The summed E-state index contributed by atoms with van der Waals surface area (Å²) >= 11 is 0. The first-order valence-electron chi connectivity index (χ1n) is 6.69. The van der Waals surface area contributed by atoms with Gasteiger partial charge in [-0.3, -0.25) is 9.78 Å². The molecule has 0 aliphatic carbocycles. The lowest BCUT2D eigenvalue weighted by Gasteiger charge is -2.33. The number of urea groups is 1. The molecular formula is C14H19N3O3. The fraction of sp³-hybridized carbons (Fsp3) is 0.500. The molecule has 108 valence electrons. The van der Waals surface area contributed by atoms with Gasteiger partial charge in [0.1, 0.15) is 0 Å². The van der Waals surface area contributed by atoms with E-state index in [1.807, 2.05) is 12.1 Å². The zero-order valence-electron chi connectivity index (χ0n) is 11.5. The van der Waals surface area contributed by atoms with Crippen molar-refractivity contribution in [3.8, 4) is 0 Å². The van der Waals surface area contributed by atoms with Gasteiger partial charge in [0.2, 0.25) is 0 Å². The number of pyridine rings is 1. The van der Waals surface area contributed by atoms with Crippen LogP contribution in [0.5, 0.6) is 0 Å². The van der Waals surface area contributed by atoms with Gasteiger partial charge in [0.05, 0.1) is 5.92 Å². The maximum Gasteiger partial charge on any atom is 0.320 e. The lowest BCUT2D eigenvalue weighted by atomic mass is 9.99. The van der Waals surface area contributed by atoms with Gasteiger partial charge in [-0.25, -0.2) is 4.79 Å². The van der Waals surface area contributed by atoms with Gasteiger partial charge in [0, 0.05) is 39.1 Å². The van der Waals surface area contributed by atoms with E-state index in [0.717, 1.165) is 12.0 Å². The van der Waals surface area contributed by atoms with Crippen LogP contribution in [0, 0.1) is 5.92 Å². The Labute approximate surface area is 118 Å². The van der Waals surface area contributed by atoms with E-state index in [1.54, 1.807) is 29.2 Å². The number of likely N-dealkylation sites (tertiary alicyclic amines) is 1. The molecule has 0 unspecified atom stereocenters. The molecule has 0 spiro atoms. The van der Waals surface area contributed by atoms with Gasteiger partial charge in [-0.1, -0.05) is 6.07 Å². The van der Waals surface area contributed by atoms with E-state index in [-0.39, 0.29) is 6.03 Å². The molecule has 1 aliphatic heterocycles. The number of aliphatic carboxylic acids is 1. The number of carboxylic acids is 1. The molecule has 2 amide bonds. The van der Waals surface area contributed by atoms with Crippen molar-refractivity contribution in [1.82, 2.24) is 14.8 Å². The Morgan fingerprint density at radius 2 is 2.35 bits per heavy atom. The van der Waals surface area contributed by atoms with E-state index in [9.17, 15) is 9.59 Å². The van der Waals surface area contributed by atoms with Gasteiger partial charge in [-0.2, -0.15) is 0 Å². The second-order valence-corrected chi connectivity index (χ2v) is 5.12. The first-order chi connectivity index (χ1) is 9.58. The van der Waals surface area contributed by atoms with Crippen molar-refractivity contribution >= 4 is 12.0 Å². The van der Waals surface area contributed by atoms with Gasteiger partial charge in [-0.15, -0.1) is 0 Å². The first kappa shape index (κ1) is 14.3. The Hall–Kier alpha value is -2.11. The summed E-state index contributed by atoms with van der Waals surface area (Å²) in [5.41, 5.74) is 0.954. The number of hydrogen-bond acceptors (Lipinski definition) is 3. The summed E-state index contributed by atoms with van der Waals surface area (Å²) < 4.78 is 0. The third kappa shape index (κ3) is 3.46. The average molecular weight is 277 g/mol. The highest BCUT2D eigenvalue weighted by Gasteiger charge is 2.29. The van der Waals surface area contributed by atoms with Crippen LogP contribution in [0.1, 0.15) is 18.4 Å². The summed E-state index contributed by atoms with van der Waals surface area (Å²) in [5, 5.41) is 9.05. The van der Waals surface area contributed by atoms with Crippen LogP contribution in [0.3, 0.4) is 0 Å². The van der Waals surface area contributed by atoms with Crippen molar-refractivity contribution < 1.29 is 14.7 Å². The molecule has 1 saturated heterocycles. The molecule has 1 atom stereocenters. The third-order valence-electron chi connectivity index (χ3n) is 3.51. The lowest BCUT2D eigenvalue weighted by molar-refractivity contribution is -0.143. The Balaban J connectivity index is 1.94. The summed E-state index contributed by atoms with van der Waals surface area (Å²) in [6.45, 7) is 1.40. The van der Waals surface area contributed by atoms with Gasteiger partial charge in [0.15, 0.2) is 0 Å². The standard InChI is InChI=1S/C14H19N3O3/c1-16(9-11-4-2-6-15-8-11)14(20)17-7-3-5-12(10-17)13(18)19/h2,4,6,8,12H,3,5,7,9-10H2,1H3,(H,18,19)/t12-/m1/s1. The number of nitrogens with zero attached hydrogens (tertiary/aromatic N) is 3. The number of hydrogen-bond donors (Lipinski definition) is 1. The van der Waals surface area contributed by atoms with E-state index in [0.29, 0.717) is 26.1 Å². The molecule has 2 rings (SSSR count). The molecule has 6 heteroatoms. The smallest absolute Gasteiger partial charge is 0.320 e. The maximum absolute atomic E-state index is 12.3. The number of piperidine rings is 1. The van der Waals surface area contributed by atoms with Crippen molar-refractivity contribution in [2.24, 2.45) is 5.92 Å². The zero-order valence-corrected chi connectivity index (χ0v) is 11.5. The fourth-order valence-corrected chi connectivity index (χ4v) is 2.43. The number of carbonyl (C=O) groups excluding carboxylic acids is 1. The van der Waals surface area contributed by atoms with Crippen molar-refractivity contribution in [3.05, 3.63) is 30.1 Å². The summed E-state index contributed by atoms with van der Waals surface area (Å²) in [6.07, 6.45) is 4.79. The SMILES string of the molecule is CN(Cc1cccnc1)C(=O)N1CCC[C@@H](C(=O)O)C1.